The zero-order valence-electron chi connectivity index (χ0n) is 13.5. The van der Waals surface area contributed by atoms with Crippen molar-refractivity contribution in [3.8, 4) is 0 Å². The van der Waals surface area contributed by atoms with Gasteiger partial charge in [0.25, 0.3) is 0 Å². The highest BCUT2D eigenvalue weighted by atomic mass is 19.1. The van der Waals surface area contributed by atoms with Crippen LogP contribution in [-0.2, 0) is 13.1 Å². The lowest BCUT2D eigenvalue weighted by Gasteiger charge is -2.41. The van der Waals surface area contributed by atoms with Crippen molar-refractivity contribution in [1.82, 2.24) is 14.7 Å². The van der Waals surface area contributed by atoms with E-state index in [0.717, 1.165) is 26.1 Å². The molecule has 4 heteroatoms. The third kappa shape index (κ3) is 3.24. The average molecular weight is 321 g/mol. The maximum atomic E-state index is 13.1. The summed E-state index contributed by atoms with van der Waals surface area (Å²) in [5.41, 5.74) is 3.77. The molecule has 0 unspecified atom stereocenters. The van der Waals surface area contributed by atoms with Gasteiger partial charge in [-0.15, -0.1) is 0 Å². The van der Waals surface area contributed by atoms with Crippen molar-refractivity contribution >= 4 is 0 Å². The lowest BCUT2D eigenvalue weighted by atomic mass is 9.94. The molecule has 1 aliphatic heterocycles. The van der Waals surface area contributed by atoms with Gasteiger partial charge in [0.2, 0.25) is 0 Å². The number of hydrogen-bond donors (Lipinski definition) is 0. The largest absolute Gasteiger partial charge is 0.292 e. The summed E-state index contributed by atoms with van der Waals surface area (Å²) in [6.45, 7) is 2.81. The van der Waals surface area contributed by atoms with E-state index in [0.29, 0.717) is 6.04 Å². The molecule has 1 atom stereocenters. The molecule has 3 nitrogen and oxygen atoms in total. The predicted octanol–water partition coefficient (Wildman–Crippen LogP) is 4.02. The Labute approximate surface area is 141 Å². The van der Waals surface area contributed by atoms with Crippen LogP contribution in [0.25, 0.3) is 0 Å². The predicted molar refractivity (Wildman–Crippen MR) is 91.9 cm³/mol. The van der Waals surface area contributed by atoms with Gasteiger partial charge < -0.3 is 0 Å². The van der Waals surface area contributed by atoms with Crippen molar-refractivity contribution < 1.29 is 4.39 Å². The molecule has 0 aliphatic carbocycles. The molecule has 24 heavy (non-hydrogen) atoms. The summed E-state index contributed by atoms with van der Waals surface area (Å²) in [5, 5.41) is 4.26. The molecule has 122 valence electrons. The number of benzene rings is 2. The Bertz CT molecular complexity index is 796. The van der Waals surface area contributed by atoms with Crippen molar-refractivity contribution in [2.45, 2.75) is 25.6 Å². The van der Waals surface area contributed by atoms with Gasteiger partial charge >= 0.3 is 0 Å². The number of hydrogen-bond acceptors (Lipinski definition) is 2. The summed E-state index contributed by atoms with van der Waals surface area (Å²) in [4.78, 5) is 2.44. The van der Waals surface area contributed by atoms with E-state index in [1.807, 2.05) is 29.1 Å². The third-order valence-electron chi connectivity index (χ3n) is 4.67. The molecule has 2 heterocycles. The standard InChI is InChI=1S/C20H20FN3/c21-19-7-5-18(6-8-19)20-9-12-23(20)14-16-3-1-4-17(13-16)15-24-11-2-10-22-24/h1-8,10-11,13,20H,9,12,14-15H2/t20-/m0/s1. The highest BCUT2D eigenvalue weighted by Gasteiger charge is 2.29. The minimum absolute atomic E-state index is 0.170. The highest BCUT2D eigenvalue weighted by molar-refractivity contribution is 5.26. The van der Waals surface area contributed by atoms with E-state index in [2.05, 4.69) is 34.3 Å². The number of rotatable bonds is 5. The fraction of sp³-hybridized carbons (Fsp3) is 0.250. The van der Waals surface area contributed by atoms with Crippen LogP contribution in [0.2, 0.25) is 0 Å². The SMILES string of the molecule is Fc1ccc([C@@H]2CCN2Cc2cccc(Cn3cccn3)c2)cc1. The molecule has 0 saturated carbocycles. The molecule has 4 rings (SSSR count). The van der Waals surface area contributed by atoms with Crippen molar-refractivity contribution in [3.05, 3.63) is 89.5 Å². The fourth-order valence-corrected chi connectivity index (χ4v) is 3.33. The molecule has 0 N–H and O–H groups in total. The first-order valence-electron chi connectivity index (χ1n) is 8.33. The molecule has 2 aromatic carbocycles. The molecule has 1 fully saturated rings. The van der Waals surface area contributed by atoms with Gasteiger partial charge in [0.05, 0.1) is 6.54 Å². The number of likely N-dealkylation sites (tertiary alicyclic amines) is 1. The summed E-state index contributed by atoms with van der Waals surface area (Å²) in [5.74, 6) is -0.170. The Balaban J connectivity index is 1.44. The molecule has 0 radical (unpaired) electrons. The van der Waals surface area contributed by atoms with Crippen LogP contribution in [-0.4, -0.2) is 21.2 Å². The quantitative estimate of drug-likeness (QED) is 0.708. The molecule has 0 spiro atoms. The Morgan fingerprint density at radius 1 is 1.00 bits per heavy atom. The average Bonchev–Trinajstić information content (AvgIpc) is 3.07. The molecular weight excluding hydrogens is 301 g/mol. The van der Waals surface area contributed by atoms with Crippen LogP contribution in [0.5, 0.6) is 0 Å². The van der Waals surface area contributed by atoms with Gasteiger partial charge in [0.15, 0.2) is 0 Å². The van der Waals surface area contributed by atoms with Gasteiger partial charge in [-0.2, -0.15) is 5.10 Å². The van der Waals surface area contributed by atoms with Crippen LogP contribution in [0.4, 0.5) is 4.39 Å². The van der Waals surface area contributed by atoms with E-state index in [1.165, 1.54) is 16.7 Å². The van der Waals surface area contributed by atoms with E-state index in [1.54, 1.807) is 18.3 Å². The van der Waals surface area contributed by atoms with Crippen LogP contribution >= 0.6 is 0 Å². The van der Waals surface area contributed by atoms with E-state index < -0.39 is 0 Å². The Kier molecular flexibility index (Phi) is 4.13. The van der Waals surface area contributed by atoms with Gasteiger partial charge in [-0.25, -0.2) is 4.39 Å². The Morgan fingerprint density at radius 3 is 2.46 bits per heavy atom. The van der Waals surface area contributed by atoms with E-state index in [-0.39, 0.29) is 5.82 Å². The Hall–Kier alpha value is -2.46. The maximum absolute atomic E-state index is 13.1. The van der Waals surface area contributed by atoms with Crippen LogP contribution in [0, 0.1) is 5.82 Å². The number of halogens is 1. The van der Waals surface area contributed by atoms with Gasteiger partial charge in [-0.3, -0.25) is 9.58 Å². The minimum Gasteiger partial charge on any atom is -0.292 e. The second-order valence-corrected chi connectivity index (χ2v) is 6.35. The van der Waals surface area contributed by atoms with Gasteiger partial charge in [-0.05, 0) is 41.3 Å². The van der Waals surface area contributed by atoms with Gasteiger partial charge in [0, 0.05) is 31.5 Å². The third-order valence-corrected chi connectivity index (χ3v) is 4.67. The fourth-order valence-electron chi connectivity index (χ4n) is 3.33. The van der Waals surface area contributed by atoms with Gasteiger partial charge in [-0.1, -0.05) is 36.4 Å². The zero-order valence-corrected chi connectivity index (χ0v) is 13.5. The topological polar surface area (TPSA) is 21.1 Å². The summed E-state index contributed by atoms with van der Waals surface area (Å²) >= 11 is 0. The summed E-state index contributed by atoms with van der Waals surface area (Å²) in [7, 11) is 0. The van der Waals surface area contributed by atoms with Crippen LogP contribution in [0.15, 0.2) is 67.0 Å². The van der Waals surface area contributed by atoms with Gasteiger partial charge in [0.1, 0.15) is 5.82 Å². The first kappa shape index (κ1) is 15.1. The monoisotopic (exact) mass is 321 g/mol. The number of nitrogens with zero attached hydrogens (tertiary/aromatic N) is 3. The van der Waals surface area contributed by atoms with E-state index >= 15 is 0 Å². The Morgan fingerprint density at radius 2 is 1.79 bits per heavy atom. The molecule has 0 amide bonds. The minimum atomic E-state index is -0.170. The summed E-state index contributed by atoms with van der Waals surface area (Å²) in [6.07, 6.45) is 4.92. The van der Waals surface area contributed by atoms with E-state index in [9.17, 15) is 4.39 Å². The van der Waals surface area contributed by atoms with E-state index in [4.69, 9.17) is 0 Å². The summed E-state index contributed by atoms with van der Waals surface area (Å²) in [6, 6.07) is 17.9. The zero-order chi connectivity index (χ0) is 16.4. The lowest BCUT2D eigenvalue weighted by molar-refractivity contribution is 0.0818. The van der Waals surface area contributed by atoms with Crippen molar-refractivity contribution in [3.63, 3.8) is 0 Å². The molecule has 1 aliphatic rings. The van der Waals surface area contributed by atoms with Crippen molar-refractivity contribution in [1.29, 1.82) is 0 Å². The first-order valence-corrected chi connectivity index (χ1v) is 8.33. The van der Waals surface area contributed by atoms with Crippen LogP contribution in [0.3, 0.4) is 0 Å². The molecule has 3 aromatic rings. The molecular formula is C20H20FN3. The first-order chi connectivity index (χ1) is 11.8. The highest BCUT2D eigenvalue weighted by Crippen LogP contribution is 2.34. The molecule has 1 aromatic heterocycles. The molecule has 0 bridgehead atoms. The molecule has 1 saturated heterocycles. The smallest absolute Gasteiger partial charge is 0.123 e. The second-order valence-electron chi connectivity index (χ2n) is 6.35. The van der Waals surface area contributed by atoms with Crippen molar-refractivity contribution in [2.24, 2.45) is 0 Å². The van der Waals surface area contributed by atoms with Crippen LogP contribution < -0.4 is 0 Å². The normalized spacial score (nSPS) is 17.6. The number of aromatic nitrogens is 2. The maximum Gasteiger partial charge on any atom is 0.123 e. The van der Waals surface area contributed by atoms with Crippen molar-refractivity contribution in [2.75, 3.05) is 6.54 Å². The summed E-state index contributed by atoms with van der Waals surface area (Å²) < 4.78 is 15.0. The lowest BCUT2D eigenvalue weighted by Crippen LogP contribution is -2.40. The second kappa shape index (κ2) is 6.57. The van der Waals surface area contributed by atoms with Crippen LogP contribution in [0.1, 0.15) is 29.2 Å².